The number of hydrogen-bond acceptors (Lipinski definition) is 2. The SMILES string of the molecule is C=CC1=CC(SC(C)=O)CC(C)(C)C1. The van der Waals surface area contributed by atoms with Gasteiger partial charge < -0.3 is 0 Å². The molecule has 0 aliphatic heterocycles. The topological polar surface area (TPSA) is 17.1 Å². The number of hydrogen-bond donors (Lipinski definition) is 0. The van der Waals surface area contributed by atoms with E-state index in [9.17, 15) is 4.79 Å². The van der Waals surface area contributed by atoms with Gasteiger partial charge in [0.05, 0.1) is 0 Å². The second-order valence-electron chi connectivity index (χ2n) is 4.64. The zero-order valence-electron chi connectivity index (χ0n) is 9.17. The quantitative estimate of drug-likeness (QED) is 0.693. The number of carbonyl (C=O) groups is 1. The molecule has 0 bridgehead atoms. The third-order valence-corrected chi connectivity index (χ3v) is 3.35. The highest BCUT2D eigenvalue weighted by Crippen LogP contribution is 2.39. The average molecular weight is 210 g/mol. The Balaban J connectivity index is 2.77. The van der Waals surface area contributed by atoms with Crippen LogP contribution >= 0.6 is 11.8 Å². The van der Waals surface area contributed by atoms with Crippen molar-refractivity contribution >= 4 is 16.9 Å². The molecule has 1 atom stereocenters. The minimum atomic E-state index is 0.201. The maximum atomic E-state index is 11.0. The normalized spacial score (nSPS) is 25.4. The van der Waals surface area contributed by atoms with Crippen molar-refractivity contribution in [1.82, 2.24) is 0 Å². The molecule has 1 aliphatic rings. The Bertz CT molecular complexity index is 276. The van der Waals surface area contributed by atoms with E-state index in [0.717, 1.165) is 12.8 Å². The van der Waals surface area contributed by atoms with Gasteiger partial charge in [0.15, 0.2) is 5.12 Å². The van der Waals surface area contributed by atoms with Gasteiger partial charge in [-0.3, -0.25) is 4.79 Å². The summed E-state index contributed by atoms with van der Waals surface area (Å²) in [5.74, 6) is 0. The Hall–Kier alpha value is -0.500. The first-order valence-electron chi connectivity index (χ1n) is 4.93. The molecule has 0 saturated heterocycles. The fraction of sp³-hybridized carbons (Fsp3) is 0.583. The zero-order valence-corrected chi connectivity index (χ0v) is 9.99. The predicted molar refractivity (Wildman–Crippen MR) is 63.4 cm³/mol. The highest BCUT2D eigenvalue weighted by Gasteiger charge is 2.28. The van der Waals surface area contributed by atoms with Gasteiger partial charge in [0.2, 0.25) is 0 Å². The van der Waals surface area contributed by atoms with Crippen LogP contribution in [-0.2, 0) is 4.79 Å². The second-order valence-corrected chi connectivity index (χ2v) is 6.05. The Labute approximate surface area is 90.7 Å². The Morgan fingerprint density at radius 2 is 2.36 bits per heavy atom. The lowest BCUT2D eigenvalue weighted by molar-refractivity contribution is -0.109. The number of thioether (sulfide) groups is 1. The van der Waals surface area contributed by atoms with Crippen LogP contribution < -0.4 is 0 Å². The van der Waals surface area contributed by atoms with Crippen LogP contribution in [0.15, 0.2) is 24.3 Å². The molecule has 1 nitrogen and oxygen atoms in total. The van der Waals surface area contributed by atoms with Crippen LogP contribution in [-0.4, -0.2) is 10.4 Å². The molecular weight excluding hydrogens is 192 g/mol. The maximum absolute atomic E-state index is 11.0. The van der Waals surface area contributed by atoms with Crippen molar-refractivity contribution in [3.8, 4) is 0 Å². The lowest BCUT2D eigenvalue weighted by atomic mass is 9.77. The van der Waals surface area contributed by atoms with Crippen molar-refractivity contribution < 1.29 is 4.79 Å². The van der Waals surface area contributed by atoms with Gasteiger partial charge >= 0.3 is 0 Å². The van der Waals surface area contributed by atoms with Crippen molar-refractivity contribution in [2.24, 2.45) is 5.41 Å². The molecule has 2 heteroatoms. The number of rotatable bonds is 2. The van der Waals surface area contributed by atoms with Crippen LogP contribution in [0.5, 0.6) is 0 Å². The Morgan fingerprint density at radius 1 is 1.71 bits per heavy atom. The van der Waals surface area contributed by atoms with Gasteiger partial charge in [-0.05, 0) is 18.3 Å². The number of allylic oxidation sites excluding steroid dienone is 2. The minimum Gasteiger partial charge on any atom is -0.288 e. The van der Waals surface area contributed by atoms with Gasteiger partial charge in [-0.1, -0.05) is 49.9 Å². The molecule has 14 heavy (non-hydrogen) atoms. The average Bonchev–Trinajstić information content (AvgIpc) is 1.99. The lowest BCUT2D eigenvalue weighted by Gasteiger charge is -2.33. The van der Waals surface area contributed by atoms with Gasteiger partial charge in [0, 0.05) is 12.2 Å². The molecule has 0 saturated carbocycles. The van der Waals surface area contributed by atoms with E-state index < -0.39 is 0 Å². The second kappa shape index (κ2) is 4.35. The zero-order chi connectivity index (χ0) is 10.8. The standard InChI is InChI=1S/C12H18OS/c1-5-10-6-11(14-9(2)13)8-12(3,4)7-10/h5-6,11H,1,7-8H2,2-4H3. The van der Waals surface area contributed by atoms with Crippen molar-refractivity contribution in [2.75, 3.05) is 0 Å². The molecule has 1 rings (SSSR count). The minimum absolute atomic E-state index is 0.201. The third kappa shape index (κ3) is 3.33. The van der Waals surface area contributed by atoms with E-state index >= 15 is 0 Å². The van der Waals surface area contributed by atoms with Gasteiger partial charge in [0.1, 0.15) is 0 Å². The van der Waals surface area contributed by atoms with E-state index in [2.05, 4.69) is 26.5 Å². The van der Waals surface area contributed by atoms with Crippen molar-refractivity contribution in [3.63, 3.8) is 0 Å². The monoisotopic (exact) mass is 210 g/mol. The molecule has 0 amide bonds. The van der Waals surface area contributed by atoms with E-state index in [4.69, 9.17) is 0 Å². The molecule has 1 unspecified atom stereocenters. The molecule has 0 radical (unpaired) electrons. The van der Waals surface area contributed by atoms with E-state index in [1.807, 2.05) is 6.08 Å². The van der Waals surface area contributed by atoms with Gasteiger partial charge in [0.25, 0.3) is 0 Å². The molecule has 0 aromatic rings. The third-order valence-electron chi connectivity index (χ3n) is 2.42. The van der Waals surface area contributed by atoms with Gasteiger partial charge in [-0.2, -0.15) is 0 Å². The Kier molecular flexibility index (Phi) is 3.59. The van der Waals surface area contributed by atoms with Crippen molar-refractivity contribution in [2.45, 2.75) is 38.9 Å². The number of carbonyl (C=O) groups excluding carboxylic acids is 1. The fourth-order valence-electron chi connectivity index (χ4n) is 1.96. The summed E-state index contributed by atoms with van der Waals surface area (Å²) >= 11 is 1.43. The Morgan fingerprint density at radius 3 is 2.86 bits per heavy atom. The molecule has 78 valence electrons. The summed E-state index contributed by atoms with van der Waals surface area (Å²) in [5, 5.41) is 0.539. The first kappa shape index (κ1) is 11.6. The highest BCUT2D eigenvalue weighted by molar-refractivity contribution is 8.14. The molecule has 0 spiro atoms. The molecular formula is C12H18OS. The largest absolute Gasteiger partial charge is 0.288 e. The summed E-state index contributed by atoms with van der Waals surface area (Å²) in [6.45, 7) is 9.93. The van der Waals surface area contributed by atoms with Crippen LogP contribution in [0.1, 0.15) is 33.6 Å². The van der Waals surface area contributed by atoms with Crippen LogP contribution in [0.25, 0.3) is 0 Å². The molecule has 0 N–H and O–H groups in total. The van der Waals surface area contributed by atoms with E-state index in [0.29, 0.717) is 10.7 Å². The summed E-state index contributed by atoms with van der Waals surface area (Å²) in [6.07, 6.45) is 6.25. The maximum Gasteiger partial charge on any atom is 0.186 e. The summed E-state index contributed by atoms with van der Waals surface area (Å²) in [6, 6.07) is 0. The molecule has 0 aromatic carbocycles. The highest BCUT2D eigenvalue weighted by atomic mass is 32.2. The van der Waals surface area contributed by atoms with E-state index in [1.165, 1.54) is 17.3 Å². The van der Waals surface area contributed by atoms with Crippen LogP contribution in [0.2, 0.25) is 0 Å². The van der Waals surface area contributed by atoms with Gasteiger partial charge in [-0.15, -0.1) is 0 Å². The molecule has 0 heterocycles. The van der Waals surface area contributed by atoms with Crippen molar-refractivity contribution in [1.29, 1.82) is 0 Å². The van der Waals surface area contributed by atoms with Crippen LogP contribution in [0.4, 0.5) is 0 Å². The predicted octanol–water partition coefficient (Wildman–Crippen LogP) is 3.57. The van der Waals surface area contributed by atoms with Crippen LogP contribution in [0.3, 0.4) is 0 Å². The first-order chi connectivity index (χ1) is 6.43. The molecule has 0 fully saturated rings. The summed E-state index contributed by atoms with van der Waals surface area (Å²) in [5.41, 5.74) is 1.57. The summed E-state index contributed by atoms with van der Waals surface area (Å²) in [7, 11) is 0. The fourth-order valence-corrected chi connectivity index (χ4v) is 3.16. The lowest BCUT2D eigenvalue weighted by Crippen LogP contribution is -2.23. The first-order valence-corrected chi connectivity index (χ1v) is 5.81. The van der Waals surface area contributed by atoms with E-state index in [1.54, 1.807) is 6.92 Å². The summed E-state index contributed by atoms with van der Waals surface area (Å²) in [4.78, 5) is 11.0. The molecule has 1 aliphatic carbocycles. The van der Waals surface area contributed by atoms with E-state index in [-0.39, 0.29) is 5.12 Å². The smallest absolute Gasteiger partial charge is 0.186 e. The summed E-state index contributed by atoms with van der Waals surface area (Å²) < 4.78 is 0. The molecule has 0 aromatic heterocycles. The van der Waals surface area contributed by atoms with Crippen molar-refractivity contribution in [3.05, 3.63) is 24.3 Å². The van der Waals surface area contributed by atoms with Gasteiger partial charge in [-0.25, -0.2) is 0 Å². The van der Waals surface area contributed by atoms with Crippen LogP contribution in [0, 0.1) is 5.41 Å².